The van der Waals surface area contributed by atoms with Gasteiger partial charge in [0.05, 0.1) is 15.5 Å². The summed E-state index contributed by atoms with van der Waals surface area (Å²) in [5, 5.41) is 11.2. The summed E-state index contributed by atoms with van der Waals surface area (Å²) in [6.45, 7) is 0. The topological polar surface area (TPSA) is 94.9 Å². The zero-order chi connectivity index (χ0) is 20.5. The van der Waals surface area contributed by atoms with Gasteiger partial charge in [-0.05, 0) is 52.9 Å². The molecule has 0 radical (unpaired) electrons. The van der Waals surface area contributed by atoms with E-state index in [0.717, 1.165) is 9.13 Å². The number of nitro benzene ring substituents is 1. The molecule has 0 bridgehead atoms. The molecule has 7 nitrogen and oxygen atoms in total. The summed E-state index contributed by atoms with van der Waals surface area (Å²) in [5.41, 5.74) is 0.883. The molecule has 0 amide bonds. The molecule has 0 spiro atoms. The summed E-state index contributed by atoms with van der Waals surface area (Å²) >= 11 is 8.30. The Kier molecular flexibility index (Phi) is 5.20. The highest BCUT2D eigenvalue weighted by Crippen LogP contribution is 2.28. The Labute approximate surface area is 182 Å². The molecule has 0 atom stereocenters. The molecule has 1 aromatic heterocycles. The summed E-state index contributed by atoms with van der Waals surface area (Å²) in [6.07, 6.45) is 1.44. The first kappa shape index (κ1) is 19.3. The monoisotopic (exact) mass is 520 g/mol. The molecule has 1 aliphatic heterocycles. The number of aliphatic imine (C=N–C) groups is 1. The zero-order valence-electron chi connectivity index (χ0n) is 14.5. The first-order valence-electron chi connectivity index (χ1n) is 8.23. The number of nitrogens with zero attached hydrogens (tertiary/aromatic N) is 2. The van der Waals surface area contributed by atoms with Crippen molar-refractivity contribution in [3.63, 3.8) is 0 Å². The maximum atomic E-state index is 12.2. The van der Waals surface area contributed by atoms with Gasteiger partial charge in [0.15, 0.2) is 5.70 Å². The first-order chi connectivity index (χ1) is 13.9. The fraction of sp³-hybridized carbons (Fsp3) is 0. The molecule has 0 saturated heterocycles. The van der Waals surface area contributed by atoms with Gasteiger partial charge in [-0.15, -0.1) is 0 Å². The molecule has 0 N–H and O–H groups in total. The van der Waals surface area contributed by atoms with E-state index in [0.29, 0.717) is 11.5 Å². The summed E-state index contributed by atoms with van der Waals surface area (Å²) in [6, 6.07) is 15.1. The van der Waals surface area contributed by atoms with Crippen LogP contribution in [0.1, 0.15) is 11.3 Å². The highest BCUT2D eigenvalue weighted by atomic mass is 127. The van der Waals surface area contributed by atoms with Crippen molar-refractivity contribution in [2.24, 2.45) is 4.99 Å². The molecule has 144 valence electrons. The molecule has 3 aromatic rings. The average Bonchev–Trinajstić information content (AvgIpc) is 3.30. The number of halogens is 2. The molecule has 2 heterocycles. The van der Waals surface area contributed by atoms with Crippen LogP contribution >= 0.6 is 34.2 Å². The van der Waals surface area contributed by atoms with Crippen molar-refractivity contribution in [1.82, 2.24) is 0 Å². The summed E-state index contributed by atoms with van der Waals surface area (Å²) < 4.78 is 12.0. The Hall–Kier alpha value is -2.98. The minimum Gasteiger partial charge on any atom is -0.457 e. The van der Waals surface area contributed by atoms with Gasteiger partial charge in [0.2, 0.25) is 5.90 Å². The Morgan fingerprint density at radius 3 is 2.59 bits per heavy atom. The second-order valence-corrected chi connectivity index (χ2v) is 7.62. The van der Waals surface area contributed by atoms with Crippen molar-refractivity contribution in [3.8, 4) is 11.3 Å². The molecule has 4 rings (SSSR count). The zero-order valence-corrected chi connectivity index (χ0v) is 17.4. The van der Waals surface area contributed by atoms with Gasteiger partial charge >= 0.3 is 5.97 Å². The van der Waals surface area contributed by atoms with Crippen molar-refractivity contribution in [2.45, 2.75) is 0 Å². The number of hydrogen-bond donors (Lipinski definition) is 0. The highest BCUT2D eigenvalue weighted by molar-refractivity contribution is 14.1. The number of cyclic esters (lactones) is 1. The van der Waals surface area contributed by atoms with Gasteiger partial charge in [-0.25, -0.2) is 9.79 Å². The van der Waals surface area contributed by atoms with Gasteiger partial charge in [0, 0.05) is 27.3 Å². The van der Waals surface area contributed by atoms with Gasteiger partial charge in [0.25, 0.3) is 5.69 Å². The van der Waals surface area contributed by atoms with E-state index in [9.17, 15) is 14.9 Å². The maximum absolute atomic E-state index is 12.2. The molecular weight excluding hydrogens is 511 g/mol. The van der Waals surface area contributed by atoms with E-state index in [2.05, 4.69) is 27.6 Å². The molecule has 2 aromatic carbocycles. The van der Waals surface area contributed by atoms with E-state index in [-0.39, 0.29) is 27.9 Å². The maximum Gasteiger partial charge on any atom is 0.363 e. The lowest BCUT2D eigenvalue weighted by Gasteiger charge is -2.02. The van der Waals surface area contributed by atoms with Crippen LogP contribution in [-0.2, 0) is 9.53 Å². The second-order valence-electron chi connectivity index (χ2n) is 5.97. The second kappa shape index (κ2) is 7.80. The van der Waals surface area contributed by atoms with Crippen LogP contribution in [0.25, 0.3) is 17.4 Å². The van der Waals surface area contributed by atoms with Crippen molar-refractivity contribution in [1.29, 1.82) is 0 Å². The van der Waals surface area contributed by atoms with E-state index in [4.69, 9.17) is 20.8 Å². The fourth-order valence-electron chi connectivity index (χ4n) is 2.65. The minimum absolute atomic E-state index is 0.00563. The summed E-state index contributed by atoms with van der Waals surface area (Å²) in [4.78, 5) is 26.7. The predicted molar refractivity (Wildman–Crippen MR) is 116 cm³/mol. The summed E-state index contributed by atoms with van der Waals surface area (Å²) in [7, 11) is 0. The largest absolute Gasteiger partial charge is 0.457 e. The van der Waals surface area contributed by atoms with E-state index in [1.165, 1.54) is 24.3 Å². The van der Waals surface area contributed by atoms with Crippen LogP contribution in [0.2, 0.25) is 5.02 Å². The summed E-state index contributed by atoms with van der Waals surface area (Å²) in [5.74, 6) is 0.264. The molecule has 29 heavy (non-hydrogen) atoms. The fourth-order valence-corrected chi connectivity index (χ4v) is 3.21. The Morgan fingerprint density at radius 1 is 1.10 bits per heavy atom. The number of nitro groups is 1. The van der Waals surface area contributed by atoms with Gasteiger partial charge < -0.3 is 9.15 Å². The highest BCUT2D eigenvalue weighted by Gasteiger charge is 2.27. The van der Waals surface area contributed by atoms with E-state index in [1.54, 1.807) is 12.1 Å². The average molecular weight is 521 g/mol. The number of hydrogen-bond acceptors (Lipinski definition) is 6. The molecule has 1 aliphatic rings. The minimum atomic E-state index is -0.699. The number of benzene rings is 2. The van der Waals surface area contributed by atoms with Crippen LogP contribution in [-0.4, -0.2) is 16.8 Å². The lowest BCUT2D eigenvalue weighted by atomic mass is 10.2. The van der Waals surface area contributed by atoms with Crippen LogP contribution in [0.3, 0.4) is 0 Å². The lowest BCUT2D eigenvalue weighted by Crippen LogP contribution is -2.06. The first-order valence-corrected chi connectivity index (χ1v) is 9.69. The van der Waals surface area contributed by atoms with Gasteiger partial charge in [0.1, 0.15) is 11.5 Å². The van der Waals surface area contributed by atoms with Gasteiger partial charge in [-0.3, -0.25) is 10.1 Å². The van der Waals surface area contributed by atoms with E-state index in [1.807, 2.05) is 24.3 Å². The van der Waals surface area contributed by atoms with E-state index < -0.39 is 10.9 Å². The number of esters is 1. The third-order valence-electron chi connectivity index (χ3n) is 4.05. The molecule has 0 saturated carbocycles. The van der Waals surface area contributed by atoms with E-state index >= 15 is 0 Å². The SMILES string of the molecule is O=C1OC(c2cc([N+](=O)[O-])ccc2Cl)=N/C1=C\c1ccc(-c2ccc(I)cc2)o1. The van der Waals surface area contributed by atoms with Gasteiger partial charge in [-0.1, -0.05) is 23.7 Å². The standard InChI is InChI=1S/C20H10ClIN2O5/c21-16-7-5-13(24(26)27)9-15(16)19-23-17(20(25)29-19)10-14-6-8-18(28-14)11-1-3-12(22)4-2-11/h1-10H/b17-10-. The number of non-ortho nitro benzene ring substituents is 1. The molecule has 0 unspecified atom stereocenters. The van der Waals surface area contributed by atoms with Crippen molar-refractivity contribution < 1.29 is 18.9 Å². The molecular formula is C20H10ClIN2O5. The van der Waals surface area contributed by atoms with Crippen molar-refractivity contribution >= 4 is 57.8 Å². The number of carbonyl (C=O) groups excluding carboxylic acids is 1. The van der Waals surface area contributed by atoms with Gasteiger partial charge in [-0.2, -0.15) is 0 Å². The Balaban J connectivity index is 1.65. The number of furan rings is 1. The number of ether oxygens (including phenoxy) is 1. The predicted octanol–water partition coefficient (Wildman–Crippen LogP) is 5.46. The van der Waals surface area contributed by atoms with Crippen LogP contribution in [0.5, 0.6) is 0 Å². The molecule has 9 heteroatoms. The third kappa shape index (κ3) is 4.08. The quantitative estimate of drug-likeness (QED) is 0.150. The Bertz CT molecular complexity index is 1200. The molecule has 0 fully saturated rings. The number of carbonyl (C=O) groups is 1. The number of rotatable bonds is 4. The molecule has 0 aliphatic carbocycles. The van der Waals surface area contributed by atoms with Crippen LogP contribution in [0.15, 0.2) is 69.7 Å². The van der Waals surface area contributed by atoms with Crippen molar-refractivity contribution in [3.05, 3.63) is 90.3 Å². The normalized spacial score (nSPS) is 14.8. The van der Waals surface area contributed by atoms with Crippen LogP contribution in [0.4, 0.5) is 5.69 Å². The van der Waals surface area contributed by atoms with Crippen LogP contribution < -0.4 is 0 Å². The van der Waals surface area contributed by atoms with Crippen molar-refractivity contribution in [2.75, 3.05) is 0 Å². The Morgan fingerprint density at radius 2 is 1.86 bits per heavy atom. The lowest BCUT2D eigenvalue weighted by molar-refractivity contribution is -0.384. The smallest absolute Gasteiger partial charge is 0.363 e. The van der Waals surface area contributed by atoms with Crippen LogP contribution in [0, 0.1) is 13.7 Å². The third-order valence-corrected chi connectivity index (χ3v) is 5.09.